The molecule has 3 saturated carbocycles. The van der Waals surface area contributed by atoms with E-state index in [2.05, 4.69) is 16.9 Å². The maximum absolute atomic E-state index is 13.5. The normalized spacial score (nSPS) is 26.6. The van der Waals surface area contributed by atoms with Gasteiger partial charge in [-0.1, -0.05) is 25.1 Å². The minimum Gasteiger partial charge on any atom is -0.511 e. The van der Waals surface area contributed by atoms with E-state index in [4.69, 9.17) is 4.74 Å². The first kappa shape index (κ1) is 19.5. The van der Waals surface area contributed by atoms with Crippen LogP contribution in [0, 0.1) is 23.7 Å². The average Bonchev–Trinajstić information content (AvgIpc) is 3.12. The number of allylic oxidation sites excluding steroid dienone is 2. The second-order valence-electron chi connectivity index (χ2n) is 9.32. The van der Waals surface area contributed by atoms with Gasteiger partial charge in [-0.3, -0.25) is 4.79 Å². The molecule has 0 amide bonds. The topological polar surface area (TPSA) is 72.3 Å². The molecule has 32 heavy (non-hydrogen) atoms. The standard InChI is InChI=1S/C27H26N2O3/c1-2-15-11-12-18(32-22-14-28-20-5-3-4-6-21(20)29-22)13-19(15)25-26(30)23-16-7-8-17(10-9-16)24(23)27(25)31/h3-6,11-14,16-17,23-24,30H,2,7-10H2,1H3. The number of Topliss-reactive ketones (excluding diaryl/α,β-unsaturated/α-hetero) is 1. The summed E-state index contributed by atoms with van der Waals surface area (Å²) < 4.78 is 6.04. The van der Waals surface area contributed by atoms with Gasteiger partial charge in [0.25, 0.3) is 0 Å². The Morgan fingerprint density at radius 1 is 1.00 bits per heavy atom. The van der Waals surface area contributed by atoms with E-state index < -0.39 is 0 Å². The van der Waals surface area contributed by atoms with Gasteiger partial charge in [-0.15, -0.1) is 0 Å². The molecule has 2 atom stereocenters. The summed E-state index contributed by atoms with van der Waals surface area (Å²) in [5.41, 5.74) is 3.94. The zero-order chi connectivity index (χ0) is 21.8. The minimum absolute atomic E-state index is 0.00522. The van der Waals surface area contributed by atoms with Gasteiger partial charge < -0.3 is 9.84 Å². The fourth-order valence-corrected chi connectivity index (χ4v) is 6.22. The molecule has 2 aromatic carbocycles. The molecule has 1 aromatic heterocycles. The molecular formula is C27H26N2O3. The van der Waals surface area contributed by atoms with Crippen molar-refractivity contribution < 1.29 is 14.6 Å². The molecule has 4 aliphatic carbocycles. The van der Waals surface area contributed by atoms with Gasteiger partial charge in [0.2, 0.25) is 5.88 Å². The molecule has 3 aromatic rings. The van der Waals surface area contributed by atoms with Gasteiger partial charge in [-0.2, -0.15) is 0 Å². The second-order valence-corrected chi connectivity index (χ2v) is 9.32. The van der Waals surface area contributed by atoms with Gasteiger partial charge in [-0.25, -0.2) is 9.97 Å². The lowest BCUT2D eigenvalue weighted by Gasteiger charge is -2.44. The zero-order valence-corrected chi connectivity index (χ0v) is 18.1. The predicted octanol–water partition coefficient (Wildman–Crippen LogP) is 5.89. The number of rotatable bonds is 4. The number of aryl methyl sites for hydroxylation is 1. The summed E-state index contributed by atoms with van der Waals surface area (Å²) in [4.78, 5) is 22.5. The Hall–Kier alpha value is -3.21. The van der Waals surface area contributed by atoms with Crippen LogP contribution in [0.2, 0.25) is 0 Å². The van der Waals surface area contributed by atoms with Crippen molar-refractivity contribution in [2.75, 3.05) is 0 Å². The van der Waals surface area contributed by atoms with Crippen LogP contribution in [0.1, 0.15) is 43.7 Å². The molecule has 5 heteroatoms. The average molecular weight is 427 g/mol. The van der Waals surface area contributed by atoms with Crippen LogP contribution in [0.5, 0.6) is 11.6 Å². The van der Waals surface area contributed by atoms with Crippen molar-refractivity contribution in [1.82, 2.24) is 9.97 Å². The van der Waals surface area contributed by atoms with Crippen molar-refractivity contribution >= 4 is 22.4 Å². The number of aliphatic hydroxyl groups is 1. The smallest absolute Gasteiger partial charge is 0.238 e. The Morgan fingerprint density at radius 3 is 2.44 bits per heavy atom. The van der Waals surface area contributed by atoms with Gasteiger partial charge in [0.15, 0.2) is 5.78 Å². The van der Waals surface area contributed by atoms with Gasteiger partial charge >= 0.3 is 0 Å². The van der Waals surface area contributed by atoms with E-state index in [1.807, 2.05) is 42.5 Å². The molecule has 162 valence electrons. The third-order valence-electron chi connectivity index (χ3n) is 7.72. The van der Waals surface area contributed by atoms with E-state index in [0.717, 1.165) is 54.3 Å². The van der Waals surface area contributed by atoms with Gasteiger partial charge in [0.05, 0.1) is 22.8 Å². The van der Waals surface area contributed by atoms with Crippen LogP contribution in [-0.4, -0.2) is 20.9 Å². The molecule has 7 rings (SSSR count). The van der Waals surface area contributed by atoms with Crippen LogP contribution in [0.15, 0.2) is 54.4 Å². The highest BCUT2D eigenvalue weighted by Crippen LogP contribution is 2.57. The summed E-state index contributed by atoms with van der Waals surface area (Å²) in [6.07, 6.45) is 6.87. The molecule has 1 heterocycles. The molecule has 0 radical (unpaired) electrons. The number of hydrogen-bond acceptors (Lipinski definition) is 5. The Labute approximate surface area is 187 Å². The number of carbonyl (C=O) groups excluding carboxylic acids is 1. The first-order chi connectivity index (χ1) is 15.6. The maximum atomic E-state index is 13.5. The summed E-state index contributed by atoms with van der Waals surface area (Å²) in [6, 6.07) is 13.4. The molecule has 2 bridgehead atoms. The number of carbonyl (C=O) groups is 1. The SMILES string of the molecule is CCc1ccc(Oc2cnc3ccccc3n2)cc1C1=C(O)C2C3CCC(CC3)C2C1=O. The lowest BCUT2D eigenvalue weighted by molar-refractivity contribution is -0.123. The quantitative estimate of drug-likeness (QED) is 0.563. The van der Waals surface area contributed by atoms with Crippen molar-refractivity contribution in [1.29, 1.82) is 0 Å². The van der Waals surface area contributed by atoms with Crippen LogP contribution in [0.25, 0.3) is 16.6 Å². The van der Waals surface area contributed by atoms with Gasteiger partial charge in [0.1, 0.15) is 11.5 Å². The van der Waals surface area contributed by atoms with Crippen molar-refractivity contribution in [2.45, 2.75) is 39.0 Å². The Morgan fingerprint density at radius 2 is 1.72 bits per heavy atom. The molecule has 5 nitrogen and oxygen atoms in total. The lowest BCUT2D eigenvalue weighted by Crippen LogP contribution is -2.41. The number of fused-ring (bicyclic) bond motifs is 3. The van der Waals surface area contributed by atoms with Gasteiger partial charge in [-0.05, 0) is 79.3 Å². The fraction of sp³-hybridized carbons (Fsp3) is 0.370. The minimum atomic E-state index is -0.0434. The molecule has 0 aliphatic heterocycles. The van der Waals surface area contributed by atoms with E-state index in [9.17, 15) is 9.90 Å². The zero-order valence-electron chi connectivity index (χ0n) is 18.1. The van der Waals surface area contributed by atoms with E-state index in [-0.39, 0.29) is 17.6 Å². The first-order valence-corrected chi connectivity index (χ1v) is 11.6. The number of aliphatic hydroxyl groups excluding tert-OH is 1. The van der Waals surface area contributed by atoms with Crippen molar-refractivity contribution in [2.24, 2.45) is 23.7 Å². The molecule has 2 unspecified atom stereocenters. The van der Waals surface area contributed by atoms with Crippen LogP contribution >= 0.6 is 0 Å². The number of nitrogens with zero attached hydrogens (tertiary/aromatic N) is 2. The summed E-state index contributed by atoms with van der Waals surface area (Å²) in [5.74, 6) is 2.24. The maximum Gasteiger partial charge on any atom is 0.238 e. The molecule has 3 fully saturated rings. The highest BCUT2D eigenvalue weighted by Gasteiger charge is 2.54. The van der Waals surface area contributed by atoms with Crippen LogP contribution < -0.4 is 4.74 Å². The Balaban J connectivity index is 1.39. The second kappa shape index (κ2) is 7.44. The Kier molecular flexibility index (Phi) is 4.53. The van der Waals surface area contributed by atoms with Crippen LogP contribution in [0.3, 0.4) is 0 Å². The summed E-state index contributed by atoms with van der Waals surface area (Å²) in [5, 5.41) is 11.2. The number of para-hydroxylation sites is 2. The third-order valence-corrected chi connectivity index (χ3v) is 7.72. The van der Waals surface area contributed by atoms with Crippen molar-refractivity contribution in [3.05, 3.63) is 65.5 Å². The molecular weight excluding hydrogens is 400 g/mol. The molecule has 0 saturated heterocycles. The monoisotopic (exact) mass is 426 g/mol. The predicted molar refractivity (Wildman–Crippen MR) is 122 cm³/mol. The summed E-state index contributed by atoms with van der Waals surface area (Å²) in [6.45, 7) is 2.07. The first-order valence-electron chi connectivity index (χ1n) is 11.6. The van der Waals surface area contributed by atoms with Gasteiger partial charge in [0, 0.05) is 11.8 Å². The number of ketones is 1. The number of aromatic nitrogens is 2. The fourth-order valence-electron chi connectivity index (χ4n) is 6.22. The van der Waals surface area contributed by atoms with E-state index in [1.54, 1.807) is 6.20 Å². The molecule has 4 aliphatic rings. The number of ether oxygens (including phenoxy) is 1. The van der Waals surface area contributed by atoms with Crippen molar-refractivity contribution in [3.63, 3.8) is 0 Å². The molecule has 0 spiro atoms. The highest BCUT2D eigenvalue weighted by molar-refractivity contribution is 6.25. The van der Waals surface area contributed by atoms with Crippen LogP contribution in [-0.2, 0) is 11.2 Å². The summed E-state index contributed by atoms with van der Waals surface area (Å²) in [7, 11) is 0. The van der Waals surface area contributed by atoms with E-state index >= 15 is 0 Å². The number of benzene rings is 2. The van der Waals surface area contributed by atoms with E-state index in [1.165, 1.54) is 0 Å². The molecule has 1 N–H and O–H groups in total. The lowest BCUT2D eigenvalue weighted by atomic mass is 9.59. The Bertz CT molecular complexity index is 1260. The van der Waals surface area contributed by atoms with Crippen LogP contribution in [0.4, 0.5) is 0 Å². The van der Waals surface area contributed by atoms with Crippen molar-refractivity contribution in [3.8, 4) is 11.6 Å². The number of hydrogen-bond donors (Lipinski definition) is 1. The third kappa shape index (κ3) is 2.94. The van der Waals surface area contributed by atoms with E-state index in [0.29, 0.717) is 34.8 Å². The largest absolute Gasteiger partial charge is 0.511 e. The highest BCUT2D eigenvalue weighted by atomic mass is 16.5. The summed E-state index contributed by atoms with van der Waals surface area (Å²) >= 11 is 0.